The number of rotatable bonds is 3. The Bertz CT molecular complexity index is 1440. The number of nitrogens with one attached hydrogen (secondary N) is 1. The molecule has 2 aromatic heterocycles. The van der Waals surface area contributed by atoms with Crippen LogP contribution in [0.1, 0.15) is 31.0 Å². The van der Waals surface area contributed by atoms with Crippen LogP contribution in [0.5, 0.6) is 0 Å². The van der Waals surface area contributed by atoms with E-state index in [1.165, 1.54) is 11.2 Å². The number of carbonyl (C=O) groups is 1. The molecule has 4 aromatic rings. The number of anilines is 1. The van der Waals surface area contributed by atoms with Crippen LogP contribution in [0.2, 0.25) is 0 Å². The van der Waals surface area contributed by atoms with E-state index >= 15 is 0 Å². The number of aromatic nitrogens is 2. The van der Waals surface area contributed by atoms with Crippen LogP contribution in [0.4, 0.5) is 5.69 Å². The minimum atomic E-state index is -0.773. The van der Waals surface area contributed by atoms with Crippen molar-refractivity contribution in [2.75, 3.05) is 4.90 Å². The van der Waals surface area contributed by atoms with E-state index in [2.05, 4.69) is 9.97 Å². The fourth-order valence-corrected chi connectivity index (χ4v) is 4.30. The Labute approximate surface area is 177 Å². The maximum absolute atomic E-state index is 13.5. The topological polar surface area (TPSA) is 99.4 Å². The first-order valence-corrected chi connectivity index (χ1v) is 10.1. The first-order chi connectivity index (χ1) is 14.9. The standard InChI is InChI=1S/C24H21N3O4/c1-12(2)20-21(16-10-31-19-7-4-13(3)8-15(19)22(16)28)27(24(30)23(20)29)14-5-6-17-18(9-14)26-11-25-17/h4-12,21,29H,1-3H3,(H,25,26). The van der Waals surface area contributed by atoms with Gasteiger partial charge in [-0.15, -0.1) is 0 Å². The number of benzene rings is 2. The zero-order valence-electron chi connectivity index (χ0n) is 17.3. The summed E-state index contributed by atoms with van der Waals surface area (Å²) < 4.78 is 5.77. The van der Waals surface area contributed by atoms with Gasteiger partial charge in [-0.3, -0.25) is 14.5 Å². The highest BCUT2D eigenvalue weighted by Crippen LogP contribution is 2.43. The van der Waals surface area contributed by atoms with Crippen LogP contribution in [0.25, 0.3) is 22.0 Å². The molecule has 5 rings (SSSR count). The van der Waals surface area contributed by atoms with Gasteiger partial charge in [0.1, 0.15) is 11.8 Å². The molecule has 1 unspecified atom stereocenters. The normalized spacial score (nSPS) is 17.0. The predicted molar refractivity (Wildman–Crippen MR) is 118 cm³/mol. The van der Waals surface area contributed by atoms with Gasteiger partial charge in [0.05, 0.1) is 34.4 Å². The van der Waals surface area contributed by atoms with Gasteiger partial charge in [0.2, 0.25) is 0 Å². The van der Waals surface area contributed by atoms with Gasteiger partial charge in [0.15, 0.2) is 11.2 Å². The average molecular weight is 415 g/mol. The maximum atomic E-state index is 13.5. The van der Waals surface area contributed by atoms with Crippen LogP contribution in [0.15, 0.2) is 69.5 Å². The molecule has 0 saturated heterocycles. The van der Waals surface area contributed by atoms with E-state index in [1.807, 2.05) is 32.9 Å². The van der Waals surface area contributed by atoms with Crippen LogP contribution < -0.4 is 10.3 Å². The number of H-pyrrole nitrogens is 1. The lowest BCUT2D eigenvalue weighted by atomic mass is 9.91. The molecule has 7 nitrogen and oxygen atoms in total. The van der Waals surface area contributed by atoms with Crippen molar-refractivity contribution in [2.24, 2.45) is 5.92 Å². The van der Waals surface area contributed by atoms with Crippen LogP contribution in [0, 0.1) is 12.8 Å². The van der Waals surface area contributed by atoms with Gasteiger partial charge in [0.25, 0.3) is 5.91 Å². The summed E-state index contributed by atoms with van der Waals surface area (Å²) in [5.74, 6) is -1.04. The summed E-state index contributed by atoms with van der Waals surface area (Å²) in [4.78, 5) is 35.4. The van der Waals surface area contributed by atoms with Crippen molar-refractivity contribution in [3.63, 3.8) is 0 Å². The number of amides is 1. The molecule has 2 aromatic carbocycles. The van der Waals surface area contributed by atoms with Crippen molar-refractivity contribution in [3.8, 4) is 0 Å². The van der Waals surface area contributed by atoms with Gasteiger partial charge < -0.3 is 14.5 Å². The Kier molecular flexibility index (Phi) is 4.22. The quantitative estimate of drug-likeness (QED) is 0.512. The number of fused-ring (bicyclic) bond motifs is 2. The number of nitrogens with zero attached hydrogens (tertiary/aromatic N) is 2. The second-order valence-corrected chi connectivity index (χ2v) is 8.16. The molecule has 0 aliphatic carbocycles. The number of aliphatic hydroxyl groups excluding tert-OH is 1. The molecule has 2 N–H and O–H groups in total. The van der Waals surface area contributed by atoms with Crippen molar-refractivity contribution in [1.29, 1.82) is 0 Å². The molecule has 156 valence electrons. The van der Waals surface area contributed by atoms with Gasteiger partial charge in [-0.05, 0) is 43.2 Å². The molecule has 0 spiro atoms. The third kappa shape index (κ3) is 2.84. The summed E-state index contributed by atoms with van der Waals surface area (Å²) in [6, 6.07) is 9.99. The minimum absolute atomic E-state index is 0.166. The molecule has 0 bridgehead atoms. The van der Waals surface area contributed by atoms with E-state index in [9.17, 15) is 14.7 Å². The van der Waals surface area contributed by atoms with Crippen molar-refractivity contribution in [2.45, 2.75) is 26.8 Å². The van der Waals surface area contributed by atoms with Crippen LogP contribution >= 0.6 is 0 Å². The monoisotopic (exact) mass is 415 g/mol. The zero-order chi connectivity index (χ0) is 21.9. The number of hydrogen-bond donors (Lipinski definition) is 2. The van der Waals surface area contributed by atoms with Crippen LogP contribution in [-0.2, 0) is 4.79 Å². The van der Waals surface area contributed by atoms with E-state index in [4.69, 9.17) is 4.42 Å². The largest absolute Gasteiger partial charge is 0.503 e. The highest BCUT2D eigenvalue weighted by molar-refractivity contribution is 6.09. The molecule has 1 amide bonds. The number of imidazole rings is 1. The molecule has 7 heteroatoms. The molecule has 1 aliphatic heterocycles. The van der Waals surface area contributed by atoms with Gasteiger partial charge in [-0.25, -0.2) is 4.98 Å². The summed E-state index contributed by atoms with van der Waals surface area (Å²) in [6.45, 7) is 5.68. The van der Waals surface area contributed by atoms with E-state index in [1.54, 1.807) is 30.6 Å². The minimum Gasteiger partial charge on any atom is -0.503 e. The Morgan fingerprint density at radius 3 is 2.74 bits per heavy atom. The number of aromatic amines is 1. The van der Waals surface area contributed by atoms with Gasteiger partial charge >= 0.3 is 0 Å². The fourth-order valence-electron chi connectivity index (χ4n) is 4.30. The number of hydrogen-bond acceptors (Lipinski definition) is 5. The van der Waals surface area contributed by atoms with Crippen molar-refractivity contribution in [3.05, 3.63) is 81.7 Å². The van der Waals surface area contributed by atoms with E-state index < -0.39 is 11.9 Å². The molecule has 3 heterocycles. The molecular weight excluding hydrogens is 394 g/mol. The lowest BCUT2D eigenvalue weighted by molar-refractivity contribution is -0.117. The van der Waals surface area contributed by atoms with Crippen LogP contribution in [-0.4, -0.2) is 21.0 Å². The first-order valence-electron chi connectivity index (χ1n) is 10.1. The average Bonchev–Trinajstić information content (AvgIpc) is 3.31. The predicted octanol–water partition coefficient (Wildman–Crippen LogP) is 4.53. The molecule has 1 aliphatic rings. The molecule has 0 fully saturated rings. The smallest absolute Gasteiger partial charge is 0.293 e. The SMILES string of the molecule is Cc1ccc2occ(C3C(C(C)C)=C(O)C(=O)N3c3ccc4[nH]cnc4c3)c(=O)c2c1. The highest BCUT2D eigenvalue weighted by atomic mass is 16.3. The molecule has 1 atom stereocenters. The number of aryl methyl sites for hydroxylation is 1. The van der Waals surface area contributed by atoms with Crippen molar-refractivity contribution >= 4 is 33.6 Å². The molecular formula is C24H21N3O4. The Hall–Kier alpha value is -3.87. The van der Waals surface area contributed by atoms with Crippen molar-refractivity contribution in [1.82, 2.24) is 9.97 Å². The summed E-state index contributed by atoms with van der Waals surface area (Å²) in [5, 5.41) is 11.2. The third-order valence-corrected chi connectivity index (χ3v) is 5.80. The van der Waals surface area contributed by atoms with E-state index in [0.29, 0.717) is 33.3 Å². The lowest BCUT2D eigenvalue weighted by Crippen LogP contribution is -2.33. The summed E-state index contributed by atoms with van der Waals surface area (Å²) in [7, 11) is 0. The van der Waals surface area contributed by atoms with E-state index in [0.717, 1.165) is 11.1 Å². The van der Waals surface area contributed by atoms with Gasteiger partial charge in [-0.2, -0.15) is 0 Å². The fraction of sp³-hybridized carbons (Fsp3) is 0.208. The lowest BCUT2D eigenvalue weighted by Gasteiger charge is -2.27. The molecule has 0 saturated carbocycles. The molecule has 31 heavy (non-hydrogen) atoms. The first kappa shape index (κ1) is 19.1. The van der Waals surface area contributed by atoms with Crippen molar-refractivity contribution < 1.29 is 14.3 Å². The Morgan fingerprint density at radius 2 is 1.97 bits per heavy atom. The van der Waals surface area contributed by atoms with Crippen LogP contribution in [0.3, 0.4) is 0 Å². The second kappa shape index (κ2) is 6.84. The third-order valence-electron chi connectivity index (χ3n) is 5.80. The molecule has 0 radical (unpaired) electrons. The maximum Gasteiger partial charge on any atom is 0.293 e. The Balaban J connectivity index is 1.76. The highest BCUT2D eigenvalue weighted by Gasteiger charge is 2.44. The number of aliphatic hydroxyl groups is 1. The number of carbonyl (C=O) groups excluding carboxylic acids is 1. The Morgan fingerprint density at radius 1 is 1.16 bits per heavy atom. The summed E-state index contributed by atoms with van der Waals surface area (Å²) in [6.07, 6.45) is 2.98. The van der Waals surface area contributed by atoms with Gasteiger partial charge in [0, 0.05) is 11.3 Å². The van der Waals surface area contributed by atoms with Gasteiger partial charge in [-0.1, -0.05) is 25.5 Å². The summed E-state index contributed by atoms with van der Waals surface area (Å²) in [5.41, 5.74) is 4.04. The summed E-state index contributed by atoms with van der Waals surface area (Å²) >= 11 is 0. The second-order valence-electron chi connectivity index (χ2n) is 8.16. The zero-order valence-corrected chi connectivity index (χ0v) is 17.3. The van der Waals surface area contributed by atoms with E-state index in [-0.39, 0.29) is 17.1 Å².